The highest BCUT2D eigenvalue weighted by Crippen LogP contribution is 2.42. The van der Waals surface area contributed by atoms with Gasteiger partial charge in [0.15, 0.2) is 0 Å². The van der Waals surface area contributed by atoms with Crippen molar-refractivity contribution in [1.82, 2.24) is 0 Å². The van der Waals surface area contributed by atoms with E-state index in [1.165, 1.54) is 7.11 Å². The first-order valence-electron chi connectivity index (χ1n) is 10.9. The molecule has 0 saturated heterocycles. The van der Waals surface area contributed by atoms with Crippen LogP contribution in [0.25, 0.3) is 0 Å². The van der Waals surface area contributed by atoms with Crippen molar-refractivity contribution in [3.8, 4) is 11.5 Å². The molecule has 1 aromatic carbocycles. The zero-order valence-corrected chi connectivity index (χ0v) is 19.8. The van der Waals surface area contributed by atoms with Gasteiger partial charge < -0.3 is 28.8 Å². The number of aromatic hydroxyl groups is 1. The number of rotatable bonds is 11. The van der Waals surface area contributed by atoms with Crippen LogP contribution >= 0.6 is 0 Å². The van der Waals surface area contributed by atoms with Gasteiger partial charge in [0.05, 0.1) is 26.4 Å². The first kappa shape index (κ1) is 26.0. The normalized spacial score (nSPS) is 12.9. The molecule has 0 spiro atoms. The maximum absolute atomic E-state index is 12.0. The highest BCUT2D eigenvalue weighted by atomic mass is 16.7. The Morgan fingerprint density at radius 1 is 1.18 bits per heavy atom. The maximum atomic E-state index is 12.0. The lowest BCUT2D eigenvalue weighted by Crippen LogP contribution is -2.15. The van der Waals surface area contributed by atoms with E-state index in [9.17, 15) is 19.5 Å². The number of phenolic OH excluding ortho intramolecular Hbond substituents is 1. The van der Waals surface area contributed by atoms with Gasteiger partial charge >= 0.3 is 18.1 Å². The predicted octanol–water partition coefficient (Wildman–Crippen LogP) is 4.14. The van der Waals surface area contributed by atoms with Gasteiger partial charge in [0.1, 0.15) is 23.7 Å². The summed E-state index contributed by atoms with van der Waals surface area (Å²) in [4.78, 5) is 35.2. The SMILES string of the molecule is COc1c(C)c2c(c(O)c1C/C=C(\C)CCC(=O)OCCCOC(=O)OC(C)C)C(=O)OC2. The minimum Gasteiger partial charge on any atom is -0.507 e. The summed E-state index contributed by atoms with van der Waals surface area (Å²) in [5.41, 5.74) is 3.03. The number of ether oxygens (including phenoxy) is 5. The average molecular weight is 465 g/mol. The molecule has 0 saturated carbocycles. The van der Waals surface area contributed by atoms with Crippen LogP contribution in [-0.2, 0) is 36.8 Å². The molecule has 9 heteroatoms. The Bertz CT molecular complexity index is 915. The first-order chi connectivity index (χ1) is 15.6. The summed E-state index contributed by atoms with van der Waals surface area (Å²) in [5.74, 6) is -0.505. The molecule has 0 atom stereocenters. The van der Waals surface area contributed by atoms with Crippen molar-refractivity contribution in [1.29, 1.82) is 0 Å². The number of carbonyl (C=O) groups is 3. The molecule has 9 nitrogen and oxygen atoms in total. The summed E-state index contributed by atoms with van der Waals surface area (Å²) >= 11 is 0. The largest absolute Gasteiger partial charge is 0.508 e. The van der Waals surface area contributed by atoms with Crippen molar-refractivity contribution >= 4 is 18.1 Å². The van der Waals surface area contributed by atoms with Crippen LogP contribution in [0.2, 0.25) is 0 Å². The van der Waals surface area contributed by atoms with Crippen LogP contribution in [0.1, 0.15) is 67.1 Å². The van der Waals surface area contributed by atoms with E-state index < -0.39 is 12.1 Å². The molecule has 182 valence electrons. The summed E-state index contributed by atoms with van der Waals surface area (Å²) in [7, 11) is 1.51. The second-order valence-corrected chi connectivity index (χ2v) is 8.01. The Morgan fingerprint density at radius 3 is 2.55 bits per heavy atom. The smallest absolute Gasteiger partial charge is 0.507 e. The van der Waals surface area contributed by atoms with E-state index in [2.05, 4.69) is 0 Å². The van der Waals surface area contributed by atoms with Crippen LogP contribution < -0.4 is 4.74 Å². The zero-order valence-electron chi connectivity index (χ0n) is 19.8. The predicted molar refractivity (Wildman–Crippen MR) is 118 cm³/mol. The average Bonchev–Trinajstić information content (AvgIpc) is 3.14. The van der Waals surface area contributed by atoms with E-state index in [-0.39, 0.29) is 49.6 Å². The van der Waals surface area contributed by atoms with Crippen LogP contribution in [0.4, 0.5) is 4.79 Å². The number of benzene rings is 1. The summed E-state index contributed by atoms with van der Waals surface area (Å²) < 4.78 is 25.4. The van der Waals surface area contributed by atoms with Crippen molar-refractivity contribution in [2.24, 2.45) is 0 Å². The summed E-state index contributed by atoms with van der Waals surface area (Å²) in [6.07, 6.45) is 2.27. The number of cyclic esters (lactones) is 1. The van der Waals surface area contributed by atoms with Crippen molar-refractivity contribution in [2.75, 3.05) is 20.3 Å². The van der Waals surface area contributed by atoms with E-state index >= 15 is 0 Å². The summed E-state index contributed by atoms with van der Waals surface area (Å²) in [6, 6.07) is 0. The van der Waals surface area contributed by atoms with Gasteiger partial charge in [-0.1, -0.05) is 11.6 Å². The molecule has 0 radical (unpaired) electrons. The number of fused-ring (bicyclic) bond motifs is 1. The molecule has 1 heterocycles. The fraction of sp³-hybridized carbons (Fsp3) is 0.542. The van der Waals surface area contributed by atoms with E-state index in [0.717, 1.165) is 11.1 Å². The fourth-order valence-electron chi connectivity index (χ4n) is 3.40. The number of carbonyl (C=O) groups excluding carboxylic acids is 3. The van der Waals surface area contributed by atoms with Crippen LogP contribution in [-0.4, -0.2) is 49.6 Å². The van der Waals surface area contributed by atoms with Crippen LogP contribution in [0.3, 0.4) is 0 Å². The van der Waals surface area contributed by atoms with Crippen molar-refractivity contribution in [2.45, 2.75) is 66.1 Å². The molecule has 33 heavy (non-hydrogen) atoms. The van der Waals surface area contributed by atoms with Gasteiger partial charge in [-0.25, -0.2) is 9.59 Å². The third-order valence-electron chi connectivity index (χ3n) is 5.13. The molecule has 1 aliphatic heterocycles. The monoisotopic (exact) mass is 464 g/mol. The molecule has 0 fully saturated rings. The summed E-state index contributed by atoms with van der Waals surface area (Å²) in [5, 5.41) is 10.6. The van der Waals surface area contributed by atoms with Gasteiger partial charge in [0.25, 0.3) is 0 Å². The molecule has 1 aromatic rings. The Hall–Kier alpha value is -3.23. The Balaban J connectivity index is 1.82. The lowest BCUT2D eigenvalue weighted by molar-refractivity contribution is -0.143. The van der Waals surface area contributed by atoms with Gasteiger partial charge in [0, 0.05) is 24.0 Å². The molecule has 0 bridgehead atoms. The second kappa shape index (κ2) is 12.1. The number of esters is 2. The standard InChI is InChI=1S/C24H32O9/c1-14(2)33-24(28)31-12-6-11-30-19(25)10-8-15(3)7-9-17-21(26)20-18(13-32-23(20)27)16(4)22(17)29-5/h7,14,26H,6,8-13H2,1-5H3/b15-7+. The van der Waals surface area contributed by atoms with Gasteiger partial charge in [-0.05, 0) is 46.1 Å². The fourth-order valence-corrected chi connectivity index (χ4v) is 3.40. The van der Waals surface area contributed by atoms with Crippen LogP contribution in [0.5, 0.6) is 11.5 Å². The molecule has 0 unspecified atom stereocenters. The molecule has 0 amide bonds. The second-order valence-electron chi connectivity index (χ2n) is 8.01. The lowest BCUT2D eigenvalue weighted by Gasteiger charge is -2.15. The van der Waals surface area contributed by atoms with E-state index in [0.29, 0.717) is 36.1 Å². The topological polar surface area (TPSA) is 118 Å². The highest BCUT2D eigenvalue weighted by molar-refractivity contribution is 5.98. The van der Waals surface area contributed by atoms with Gasteiger partial charge in [0.2, 0.25) is 0 Å². The molecule has 1 N–H and O–H groups in total. The number of allylic oxidation sites excluding steroid dienone is 2. The van der Waals surface area contributed by atoms with Crippen LogP contribution in [0.15, 0.2) is 11.6 Å². The molecule has 2 rings (SSSR count). The Kier molecular flexibility index (Phi) is 9.57. The van der Waals surface area contributed by atoms with E-state index in [1.807, 2.05) is 19.9 Å². The van der Waals surface area contributed by atoms with Crippen molar-refractivity contribution < 1.29 is 43.2 Å². The minimum atomic E-state index is -0.741. The van der Waals surface area contributed by atoms with Crippen molar-refractivity contribution in [3.63, 3.8) is 0 Å². The number of methoxy groups -OCH3 is 1. The van der Waals surface area contributed by atoms with Crippen molar-refractivity contribution in [3.05, 3.63) is 33.9 Å². The Labute approximate surface area is 193 Å². The van der Waals surface area contributed by atoms with Gasteiger partial charge in [-0.3, -0.25) is 4.79 Å². The Morgan fingerprint density at radius 2 is 1.88 bits per heavy atom. The van der Waals surface area contributed by atoms with Crippen LogP contribution in [0, 0.1) is 6.92 Å². The molecule has 0 aromatic heterocycles. The maximum Gasteiger partial charge on any atom is 0.508 e. The van der Waals surface area contributed by atoms with Gasteiger partial charge in [-0.2, -0.15) is 0 Å². The molecular formula is C24H32O9. The quantitative estimate of drug-likeness (QED) is 0.223. The number of hydrogen-bond acceptors (Lipinski definition) is 9. The third kappa shape index (κ3) is 7.13. The van der Waals surface area contributed by atoms with E-state index in [1.54, 1.807) is 13.8 Å². The highest BCUT2D eigenvalue weighted by Gasteiger charge is 2.31. The van der Waals surface area contributed by atoms with Gasteiger partial charge in [-0.15, -0.1) is 0 Å². The zero-order chi connectivity index (χ0) is 24.5. The van der Waals surface area contributed by atoms with E-state index in [4.69, 9.17) is 23.7 Å². The summed E-state index contributed by atoms with van der Waals surface area (Å²) in [6.45, 7) is 7.52. The lowest BCUT2D eigenvalue weighted by atomic mass is 9.94. The number of hydrogen-bond donors (Lipinski definition) is 1. The number of phenols is 1. The first-order valence-corrected chi connectivity index (χ1v) is 10.9. The third-order valence-corrected chi connectivity index (χ3v) is 5.13. The molecular weight excluding hydrogens is 432 g/mol. The molecule has 0 aliphatic carbocycles. The molecule has 1 aliphatic rings. The minimum absolute atomic E-state index is 0.108.